The largest absolute Gasteiger partial charge is 0.353 e. The van der Waals surface area contributed by atoms with Crippen LogP contribution >= 0.6 is 23.1 Å². The van der Waals surface area contributed by atoms with Gasteiger partial charge in [0.2, 0.25) is 5.91 Å². The lowest BCUT2D eigenvalue weighted by atomic mass is 9.98. The number of carbonyl (C=O) groups is 1. The van der Waals surface area contributed by atoms with Gasteiger partial charge < -0.3 is 10.3 Å². The van der Waals surface area contributed by atoms with Crippen LogP contribution in [0.2, 0.25) is 0 Å². The number of H-pyrrole nitrogens is 1. The van der Waals surface area contributed by atoms with Gasteiger partial charge in [-0.05, 0) is 37.7 Å². The van der Waals surface area contributed by atoms with Crippen LogP contribution in [0.1, 0.15) is 56.4 Å². The second-order valence-electron chi connectivity index (χ2n) is 7.24. The Balaban J connectivity index is 1.72. The molecule has 0 spiro atoms. The molecule has 1 saturated carbocycles. The number of hydrogen-bond acceptors (Lipinski definition) is 5. The van der Waals surface area contributed by atoms with Crippen molar-refractivity contribution in [3.63, 3.8) is 0 Å². The molecule has 7 heteroatoms. The zero-order chi connectivity index (χ0) is 18.7. The van der Waals surface area contributed by atoms with E-state index in [0.717, 1.165) is 41.5 Å². The van der Waals surface area contributed by atoms with Crippen molar-refractivity contribution >= 4 is 39.2 Å². The molecule has 26 heavy (non-hydrogen) atoms. The number of rotatable bonds is 7. The Labute approximate surface area is 162 Å². The van der Waals surface area contributed by atoms with Gasteiger partial charge in [0.05, 0.1) is 11.1 Å². The van der Waals surface area contributed by atoms with E-state index in [-0.39, 0.29) is 17.2 Å². The van der Waals surface area contributed by atoms with Crippen molar-refractivity contribution in [2.24, 2.45) is 5.92 Å². The first-order valence-corrected chi connectivity index (χ1v) is 11.2. The van der Waals surface area contributed by atoms with Gasteiger partial charge in [-0.25, -0.2) is 4.98 Å². The molecule has 0 unspecified atom stereocenters. The van der Waals surface area contributed by atoms with Crippen LogP contribution in [-0.4, -0.2) is 27.7 Å². The van der Waals surface area contributed by atoms with Crippen molar-refractivity contribution in [2.45, 2.75) is 70.5 Å². The Hall–Kier alpha value is -1.34. The SMILES string of the molecule is CC[C@H](C)Cc1c(C)sc2nc(SCC(=O)NC3CCCC3)[nH]c(=O)c12. The standard InChI is InChI=1S/C19H27N3O2S2/c1-4-11(2)9-14-12(3)26-18-16(14)17(24)21-19(22-18)25-10-15(23)20-13-7-5-6-8-13/h11,13H,4-10H2,1-3H3,(H,20,23)(H,21,22,24)/t11-/m0/s1. The van der Waals surface area contributed by atoms with Gasteiger partial charge in [0.1, 0.15) is 4.83 Å². The molecule has 2 aromatic heterocycles. The van der Waals surface area contributed by atoms with E-state index in [2.05, 4.69) is 36.1 Å². The van der Waals surface area contributed by atoms with Gasteiger partial charge >= 0.3 is 0 Å². The highest BCUT2D eigenvalue weighted by Crippen LogP contribution is 2.30. The monoisotopic (exact) mass is 393 g/mol. The molecule has 142 valence electrons. The van der Waals surface area contributed by atoms with Gasteiger partial charge in [-0.1, -0.05) is 44.9 Å². The molecule has 5 nitrogen and oxygen atoms in total. The molecule has 0 aromatic carbocycles. The molecule has 1 aliphatic carbocycles. The lowest BCUT2D eigenvalue weighted by molar-refractivity contribution is -0.119. The van der Waals surface area contributed by atoms with E-state index < -0.39 is 0 Å². The zero-order valence-corrected chi connectivity index (χ0v) is 17.3. The summed E-state index contributed by atoms with van der Waals surface area (Å²) in [4.78, 5) is 34.1. The Morgan fingerprint density at radius 3 is 2.85 bits per heavy atom. The van der Waals surface area contributed by atoms with E-state index >= 15 is 0 Å². The molecule has 1 atom stereocenters. The van der Waals surface area contributed by atoms with Gasteiger partial charge in [0.15, 0.2) is 5.16 Å². The van der Waals surface area contributed by atoms with Crippen LogP contribution in [0.25, 0.3) is 10.2 Å². The molecule has 2 N–H and O–H groups in total. The number of aromatic nitrogens is 2. The summed E-state index contributed by atoms with van der Waals surface area (Å²) in [5, 5.41) is 4.32. The normalized spacial score (nSPS) is 16.3. The Morgan fingerprint density at radius 1 is 1.42 bits per heavy atom. The number of nitrogens with zero attached hydrogens (tertiary/aromatic N) is 1. The van der Waals surface area contributed by atoms with Crippen LogP contribution in [0.3, 0.4) is 0 Å². The smallest absolute Gasteiger partial charge is 0.260 e. The molecule has 2 heterocycles. The van der Waals surface area contributed by atoms with Crippen LogP contribution in [0.5, 0.6) is 0 Å². The van der Waals surface area contributed by atoms with E-state index in [1.165, 1.54) is 29.5 Å². The molecule has 2 aromatic rings. The third-order valence-electron chi connectivity index (χ3n) is 5.15. The fourth-order valence-electron chi connectivity index (χ4n) is 3.44. The van der Waals surface area contributed by atoms with Crippen LogP contribution in [-0.2, 0) is 11.2 Å². The van der Waals surface area contributed by atoms with E-state index in [4.69, 9.17) is 0 Å². The number of amides is 1. The predicted molar refractivity (Wildman–Crippen MR) is 109 cm³/mol. The second kappa shape index (κ2) is 8.57. The summed E-state index contributed by atoms with van der Waals surface area (Å²) in [6.45, 7) is 6.44. The number of thioether (sulfide) groups is 1. The second-order valence-corrected chi connectivity index (χ2v) is 9.41. The molecule has 1 fully saturated rings. The van der Waals surface area contributed by atoms with Crippen molar-refractivity contribution in [1.29, 1.82) is 0 Å². The molecule has 0 bridgehead atoms. The van der Waals surface area contributed by atoms with Gasteiger partial charge in [-0.3, -0.25) is 9.59 Å². The molecular formula is C19H27N3O2S2. The molecular weight excluding hydrogens is 366 g/mol. The van der Waals surface area contributed by atoms with Gasteiger partial charge in [0, 0.05) is 10.9 Å². The molecule has 0 aliphatic heterocycles. The number of nitrogens with one attached hydrogen (secondary N) is 2. The first-order chi connectivity index (χ1) is 12.5. The van der Waals surface area contributed by atoms with Crippen LogP contribution in [0, 0.1) is 12.8 Å². The number of aromatic amines is 1. The summed E-state index contributed by atoms with van der Waals surface area (Å²) in [5.41, 5.74) is 1.04. The minimum atomic E-state index is -0.0867. The average Bonchev–Trinajstić information content (AvgIpc) is 3.21. The fraction of sp³-hybridized carbons (Fsp3) is 0.632. The Bertz CT molecular complexity index is 837. The average molecular weight is 394 g/mol. The molecule has 0 radical (unpaired) electrons. The summed E-state index contributed by atoms with van der Waals surface area (Å²) in [5.74, 6) is 0.846. The third kappa shape index (κ3) is 4.49. The zero-order valence-electron chi connectivity index (χ0n) is 15.7. The summed E-state index contributed by atoms with van der Waals surface area (Å²) >= 11 is 2.88. The maximum atomic E-state index is 12.6. The van der Waals surface area contributed by atoms with E-state index in [1.54, 1.807) is 11.3 Å². The molecule has 1 aliphatic rings. The summed E-state index contributed by atoms with van der Waals surface area (Å²) in [7, 11) is 0. The summed E-state index contributed by atoms with van der Waals surface area (Å²) < 4.78 is 0. The van der Waals surface area contributed by atoms with Crippen molar-refractivity contribution in [3.05, 3.63) is 20.8 Å². The highest BCUT2D eigenvalue weighted by molar-refractivity contribution is 7.99. The van der Waals surface area contributed by atoms with Gasteiger partial charge in [-0.2, -0.15) is 0 Å². The maximum absolute atomic E-state index is 12.6. The van der Waals surface area contributed by atoms with Crippen LogP contribution in [0.4, 0.5) is 0 Å². The Morgan fingerprint density at radius 2 is 2.15 bits per heavy atom. The number of hydrogen-bond donors (Lipinski definition) is 2. The van der Waals surface area contributed by atoms with Gasteiger partial charge in [0.25, 0.3) is 5.56 Å². The van der Waals surface area contributed by atoms with Crippen molar-refractivity contribution in [2.75, 3.05) is 5.75 Å². The minimum absolute atomic E-state index is 0.0180. The van der Waals surface area contributed by atoms with Crippen LogP contribution in [0.15, 0.2) is 9.95 Å². The predicted octanol–water partition coefficient (Wildman–Crippen LogP) is 4.03. The number of carbonyl (C=O) groups excluding carboxylic acids is 1. The summed E-state index contributed by atoms with van der Waals surface area (Å²) in [6.07, 6.45) is 6.53. The quantitative estimate of drug-likeness (QED) is 0.550. The van der Waals surface area contributed by atoms with Crippen molar-refractivity contribution < 1.29 is 4.79 Å². The first-order valence-electron chi connectivity index (χ1n) is 9.42. The fourth-order valence-corrected chi connectivity index (χ4v) is 5.22. The minimum Gasteiger partial charge on any atom is -0.353 e. The van der Waals surface area contributed by atoms with E-state index in [1.807, 2.05) is 0 Å². The first kappa shape index (κ1) is 19.4. The van der Waals surface area contributed by atoms with E-state index in [9.17, 15) is 9.59 Å². The summed E-state index contributed by atoms with van der Waals surface area (Å²) in [6, 6.07) is 0.320. The highest BCUT2D eigenvalue weighted by atomic mass is 32.2. The third-order valence-corrected chi connectivity index (χ3v) is 7.07. The molecule has 1 amide bonds. The number of fused-ring (bicyclic) bond motifs is 1. The lowest BCUT2D eigenvalue weighted by Gasteiger charge is -2.11. The van der Waals surface area contributed by atoms with Crippen LogP contribution < -0.4 is 10.9 Å². The van der Waals surface area contributed by atoms with Crippen molar-refractivity contribution in [1.82, 2.24) is 15.3 Å². The van der Waals surface area contributed by atoms with Gasteiger partial charge in [-0.15, -0.1) is 11.3 Å². The lowest BCUT2D eigenvalue weighted by Crippen LogP contribution is -2.33. The number of thiophene rings is 1. The highest BCUT2D eigenvalue weighted by Gasteiger charge is 2.19. The Kier molecular flexibility index (Phi) is 6.40. The molecule has 3 rings (SSSR count). The topological polar surface area (TPSA) is 74.8 Å². The van der Waals surface area contributed by atoms with E-state index in [0.29, 0.717) is 17.1 Å². The maximum Gasteiger partial charge on any atom is 0.260 e. The number of aryl methyl sites for hydroxylation is 1. The molecule has 0 saturated heterocycles. The van der Waals surface area contributed by atoms with Crippen molar-refractivity contribution in [3.8, 4) is 0 Å².